The van der Waals surface area contributed by atoms with Crippen LogP contribution in [0.1, 0.15) is 21.5 Å². The van der Waals surface area contributed by atoms with E-state index in [0.717, 1.165) is 23.1 Å². The van der Waals surface area contributed by atoms with Crippen LogP contribution in [0.2, 0.25) is 0 Å². The zero-order valence-corrected chi connectivity index (χ0v) is 17.0. The molecular formula is C20H22N2O6S. The second kappa shape index (κ2) is 8.52. The van der Waals surface area contributed by atoms with Gasteiger partial charge in [0.15, 0.2) is 6.61 Å². The molecule has 0 aromatic heterocycles. The van der Waals surface area contributed by atoms with Gasteiger partial charge in [-0.2, -0.15) is 0 Å². The minimum atomic E-state index is -3.35. The Bertz CT molecular complexity index is 1020. The van der Waals surface area contributed by atoms with Crippen molar-refractivity contribution in [3.05, 3.63) is 59.2 Å². The lowest BCUT2D eigenvalue weighted by atomic mass is 10.1. The third kappa shape index (κ3) is 5.05. The van der Waals surface area contributed by atoms with Crippen LogP contribution in [0.15, 0.2) is 42.5 Å². The molecule has 1 amide bonds. The predicted octanol–water partition coefficient (Wildman–Crippen LogP) is 1.49. The molecule has 3 rings (SSSR count). The normalized spacial score (nSPS) is 13.0. The van der Waals surface area contributed by atoms with E-state index < -0.39 is 28.5 Å². The molecule has 8 nitrogen and oxygen atoms in total. The minimum absolute atomic E-state index is 0.280. The van der Waals surface area contributed by atoms with E-state index in [2.05, 4.69) is 5.32 Å². The first kappa shape index (κ1) is 20.7. The smallest absolute Gasteiger partial charge is 0.338 e. The van der Waals surface area contributed by atoms with Crippen LogP contribution in [0.25, 0.3) is 0 Å². The number of sulfonamides is 1. The minimum Gasteiger partial charge on any atom is -0.497 e. The second-order valence-electron chi connectivity index (χ2n) is 6.63. The maximum Gasteiger partial charge on any atom is 0.338 e. The molecule has 0 saturated heterocycles. The van der Waals surface area contributed by atoms with E-state index in [1.165, 1.54) is 10.4 Å². The van der Waals surface area contributed by atoms with Crippen molar-refractivity contribution in [1.29, 1.82) is 0 Å². The topological polar surface area (TPSA) is 102 Å². The molecule has 0 radical (unpaired) electrons. The van der Waals surface area contributed by atoms with Gasteiger partial charge >= 0.3 is 5.97 Å². The summed E-state index contributed by atoms with van der Waals surface area (Å²) in [5.74, 6) is -0.327. The molecule has 2 aromatic carbocycles. The summed E-state index contributed by atoms with van der Waals surface area (Å²) in [7, 11) is -1.77. The molecule has 29 heavy (non-hydrogen) atoms. The number of nitrogens with zero attached hydrogens (tertiary/aromatic N) is 1. The van der Waals surface area contributed by atoms with E-state index >= 15 is 0 Å². The molecule has 0 spiro atoms. The van der Waals surface area contributed by atoms with Crippen LogP contribution in [-0.2, 0) is 32.5 Å². The number of anilines is 1. The molecule has 1 heterocycles. The van der Waals surface area contributed by atoms with Gasteiger partial charge in [-0.25, -0.2) is 13.2 Å². The third-order valence-electron chi connectivity index (χ3n) is 4.55. The number of nitrogens with one attached hydrogen (secondary N) is 1. The van der Waals surface area contributed by atoms with Crippen molar-refractivity contribution in [2.24, 2.45) is 0 Å². The zero-order valence-electron chi connectivity index (χ0n) is 16.2. The first-order valence-electron chi connectivity index (χ1n) is 8.95. The number of fused-ring (bicyclic) bond motifs is 1. The predicted molar refractivity (Wildman–Crippen MR) is 107 cm³/mol. The number of hydrogen-bond donors (Lipinski definition) is 1. The van der Waals surface area contributed by atoms with E-state index in [0.29, 0.717) is 25.2 Å². The van der Waals surface area contributed by atoms with E-state index in [1.54, 1.807) is 31.4 Å². The van der Waals surface area contributed by atoms with Crippen molar-refractivity contribution >= 4 is 27.6 Å². The van der Waals surface area contributed by atoms with Crippen molar-refractivity contribution in [3.8, 4) is 5.75 Å². The van der Waals surface area contributed by atoms with Gasteiger partial charge in [-0.05, 0) is 47.9 Å². The highest BCUT2D eigenvalue weighted by Gasteiger charge is 2.27. The van der Waals surface area contributed by atoms with E-state index in [1.807, 2.05) is 12.1 Å². The fraction of sp³-hybridized carbons (Fsp3) is 0.300. The number of amides is 1. The quantitative estimate of drug-likeness (QED) is 0.684. The Hall–Kier alpha value is -3.07. The molecule has 0 unspecified atom stereocenters. The largest absolute Gasteiger partial charge is 0.497 e. The van der Waals surface area contributed by atoms with E-state index in [-0.39, 0.29) is 5.56 Å². The summed E-state index contributed by atoms with van der Waals surface area (Å²) in [5.41, 5.74) is 2.50. The summed E-state index contributed by atoms with van der Waals surface area (Å²) in [4.78, 5) is 24.2. The summed E-state index contributed by atoms with van der Waals surface area (Å²) in [6, 6.07) is 11.9. The molecule has 0 aliphatic carbocycles. The van der Waals surface area contributed by atoms with Crippen LogP contribution in [0.5, 0.6) is 5.75 Å². The highest BCUT2D eigenvalue weighted by Crippen LogP contribution is 2.30. The molecule has 2 aromatic rings. The Morgan fingerprint density at radius 3 is 2.52 bits per heavy atom. The number of rotatable bonds is 7. The van der Waals surface area contributed by atoms with Gasteiger partial charge in [-0.1, -0.05) is 12.1 Å². The SMILES string of the molecule is COc1ccc(CNC(=O)COC(=O)c2ccc3c(c2)CCN3S(C)(=O)=O)cc1. The Morgan fingerprint density at radius 2 is 1.86 bits per heavy atom. The lowest BCUT2D eigenvalue weighted by Gasteiger charge is -2.16. The Kier molecular flexibility index (Phi) is 6.07. The first-order valence-corrected chi connectivity index (χ1v) is 10.8. The van der Waals surface area contributed by atoms with E-state index in [9.17, 15) is 18.0 Å². The van der Waals surface area contributed by atoms with Crippen molar-refractivity contribution in [3.63, 3.8) is 0 Å². The van der Waals surface area contributed by atoms with Crippen LogP contribution >= 0.6 is 0 Å². The molecule has 1 N–H and O–H groups in total. The van der Waals surface area contributed by atoms with Crippen LogP contribution in [-0.4, -0.2) is 46.8 Å². The number of benzene rings is 2. The summed E-state index contributed by atoms with van der Waals surface area (Å²) in [6.45, 7) is 0.253. The highest BCUT2D eigenvalue weighted by atomic mass is 32.2. The maximum absolute atomic E-state index is 12.2. The van der Waals surface area contributed by atoms with Gasteiger partial charge in [0.25, 0.3) is 5.91 Å². The Morgan fingerprint density at radius 1 is 1.14 bits per heavy atom. The fourth-order valence-electron chi connectivity index (χ4n) is 3.05. The lowest BCUT2D eigenvalue weighted by Crippen LogP contribution is -2.28. The average molecular weight is 418 g/mol. The number of esters is 1. The third-order valence-corrected chi connectivity index (χ3v) is 5.73. The monoisotopic (exact) mass is 418 g/mol. The molecular weight excluding hydrogens is 396 g/mol. The van der Waals surface area contributed by atoms with Gasteiger partial charge in [-0.3, -0.25) is 9.10 Å². The van der Waals surface area contributed by atoms with Crippen molar-refractivity contribution in [2.75, 3.05) is 30.8 Å². The molecule has 0 saturated carbocycles. The van der Waals surface area contributed by atoms with Gasteiger partial charge in [-0.15, -0.1) is 0 Å². The van der Waals surface area contributed by atoms with Gasteiger partial charge in [0.1, 0.15) is 5.75 Å². The van der Waals surface area contributed by atoms with Crippen molar-refractivity contribution < 1.29 is 27.5 Å². The highest BCUT2D eigenvalue weighted by molar-refractivity contribution is 7.92. The summed E-state index contributed by atoms with van der Waals surface area (Å²) in [6.07, 6.45) is 1.67. The van der Waals surface area contributed by atoms with Crippen LogP contribution in [0.4, 0.5) is 5.69 Å². The molecule has 1 aliphatic rings. The number of methoxy groups -OCH3 is 1. The lowest BCUT2D eigenvalue weighted by molar-refractivity contribution is -0.124. The molecule has 0 fully saturated rings. The van der Waals surface area contributed by atoms with Crippen LogP contribution < -0.4 is 14.4 Å². The zero-order chi connectivity index (χ0) is 21.0. The van der Waals surface area contributed by atoms with Gasteiger partial charge < -0.3 is 14.8 Å². The summed E-state index contributed by atoms with van der Waals surface area (Å²) >= 11 is 0. The molecule has 0 atom stereocenters. The maximum atomic E-state index is 12.2. The number of carbonyl (C=O) groups is 2. The second-order valence-corrected chi connectivity index (χ2v) is 8.54. The van der Waals surface area contributed by atoms with Gasteiger partial charge in [0.2, 0.25) is 10.0 Å². The molecule has 9 heteroatoms. The number of ether oxygens (including phenoxy) is 2. The summed E-state index contributed by atoms with van der Waals surface area (Å²) < 4.78 is 35.0. The number of hydrogen-bond acceptors (Lipinski definition) is 6. The first-order chi connectivity index (χ1) is 13.8. The summed E-state index contributed by atoms with van der Waals surface area (Å²) in [5, 5.41) is 2.68. The fourth-order valence-corrected chi connectivity index (χ4v) is 4.01. The van der Waals surface area contributed by atoms with Crippen molar-refractivity contribution in [2.45, 2.75) is 13.0 Å². The van der Waals surface area contributed by atoms with Crippen LogP contribution in [0, 0.1) is 0 Å². The average Bonchev–Trinajstić information content (AvgIpc) is 3.14. The van der Waals surface area contributed by atoms with Crippen molar-refractivity contribution in [1.82, 2.24) is 5.32 Å². The molecule has 0 bridgehead atoms. The standard InChI is InChI=1S/C20H22N2O6S/c1-27-17-6-3-14(4-7-17)12-21-19(23)13-28-20(24)16-5-8-18-15(11-16)9-10-22(18)29(2,25)26/h3-8,11H,9-10,12-13H2,1-2H3,(H,21,23). The molecule has 154 valence electrons. The Labute approximate surface area is 169 Å². The van der Waals surface area contributed by atoms with Crippen LogP contribution in [0.3, 0.4) is 0 Å². The number of carbonyl (C=O) groups excluding carboxylic acids is 2. The van der Waals surface area contributed by atoms with E-state index in [4.69, 9.17) is 9.47 Å². The molecule has 1 aliphatic heterocycles. The Balaban J connectivity index is 1.52. The van der Waals surface area contributed by atoms with Gasteiger partial charge in [0, 0.05) is 13.1 Å². The van der Waals surface area contributed by atoms with Gasteiger partial charge in [0.05, 0.1) is 24.6 Å².